The number of nitrogens with zero attached hydrogens (tertiary/aromatic N) is 2. The molecule has 0 bridgehead atoms. The molecule has 0 radical (unpaired) electrons. The van der Waals surface area contributed by atoms with E-state index < -0.39 is 5.97 Å². The highest BCUT2D eigenvalue weighted by Gasteiger charge is 2.16. The largest absolute Gasteiger partial charge is 0.467 e. The van der Waals surface area contributed by atoms with Crippen molar-refractivity contribution in [1.29, 1.82) is 0 Å². The Morgan fingerprint density at radius 1 is 1.56 bits per heavy atom. The number of carbonyl (C=O) groups excluding carboxylic acids is 1. The molecule has 0 saturated carbocycles. The smallest absolute Gasteiger partial charge is 0.343 e. The van der Waals surface area contributed by atoms with Crippen LogP contribution in [-0.4, -0.2) is 23.0 Å². The lowest BCUT2D eigenvalue weighted by Crippen LogP contribution is -2.13. The van der Waals surface area contributed by atoms with Gasteiger partial charge < -0.3 is 14.5 Å². The molecule has 2 aromatic rings. The molecule has 2 aromatic heterocycles. The highest BCUT2D eigenvalue weighted by atomic mass is 16.5. The lowest BCUT2D eigenvalue weighted by molar-refractivity contribution is 0.0601. The van der Waals surface area contributed by atoms with Crippen molar-refractivity contribution in [3.05, 3.63) is 42.2 Å². The van der Waals surface area contributed by atoms with Crippen LogP contribution in [0.15, 0.2) is 35.3 Å². The summed E-state index contributed by atoms with van der Waals surface area (Å²) in [5.41, 5.74) is 0.290. The number of methoxy groups -OCH3 is 1. The van der Waals surface area contributed by atoms with Crippen molar-refractivity contribution < 1.29 is 13.9 Å². The number of esters is 1. The molecule has 18 heavy (non-hydrogen) atoms. The summed E-state index contributed by atoms with van der Waals surface area (Å²) in [7, 11) is 1.31. The molecule has 0 aliphatic carbocycles. The molecule has 1 N–H and O–H groups in total. The molecule has 0 saturated heterocycles. The Balaban J connectivity index is 2.21. The molecule has 2 rings (SSSR count). The van der Waals surface area contributed by atoms with Crippen molar-refractivity contribution >= 4 is 11.8 Å². The number of hydrogen-bond acceptors (Lipinski definition) is 6. The van der Waals surface area contributed by atoms with Gasteiger partial charge in [0.05, 0.1) is 19.4 Å². The van der Waals surface area contributed by atoms with Crippen molar-refractivity contribution in [2.24, 2.45) is 0 Å². The lowest BCUT2D eigenvalue weighted by atomic mass is 10.2. The van der Waals surface area contributed by atoms with E-state index in [9.17, 15) is 4.79 Å². The van der Waals surface area contributed by atoms with Crippen molar-refractivity contribution in [3.63, 3.8) is 0 Å². The summed E-state index contributed by atoms with van der Waals surface area (Å²) in [6, 6.07) is 3.53. The molecule has 0 spiro atoms. The van der Waals surface area contributed by atoms with Crippen LogP contribution in [0.1, 0.15) is 29.1 Å². The predicted molar refractivity (Wildman–Crippen MR) is 64.1 cm³/mol. The Morgan fingerprint density at radius 3 is 3.06 bits per heavy atom. The molecule has 2 heterocycles. The molecule has 0 amide bonds. The van der Waals surface area contributed by atoms with Gasteiger partial charge in [0, 0.05) is 6.20 Å². The standard InChI is InChI=1S/C12H13N3O3/c1-8(10-4-3-5-18-10)15-11-9(12(16)17-2)6-13-7-14-11/h3-8H,1-2H3,(H,13,14,15). The topological polar surface area (TPSA) is 77.2 Å². The zero-order valence-electron chi connectivity index (χ0n) is 10.1. The van der Waals surface area contributed by atoms with Crippen molar-refractivity contribution in [2.45, 2.75) is 13.0 Å². The van der Waals surface area contributed by atoms with Gasteiger partial charge in [-0.25, -0.2) is 14.8 Å². The van der Waals surface area contributed by atoms with Gasteiger partial charge in [0.2, 0.25) is 0 Å². The van der Waals surface area contributed by atoms with Gasteiger partial charge >= 0.3 is 5.97 Å². The third kappa shape index (κ3) is 2.48. The van der Waals surface area contributed by atoms with E-state index in [0.717, 1.165) is 5.76 Å². The number of carbonyl (C=O) groups is 1. The van der Waals surface area contributed by atoms with Crippen molar-refractivity contribution in [1.82, 2.24) is 9.97 Å². The van der Waals surface area contributed by atoms with Crippen LogP contribution < -0.4 is 5.32 Å². The van der Waals surface area contributed by atoms with E-state index >= 15 is 0 Å². The fourth-order valence-corrected chi connectivity index (χ4v) is 1.52. The summed E-state index contributed by atoms with van der Waals surface area (Å²) in [6.07, 6.45) is 4.37. The number of anilines is 1. The monoisotopic (exact) mass is 247 g/mol. The second-order valence-corrected chi connectivity index (χ2v) is 3.66. The minimum atomic E-state index is -0.482. The second kappa shape index (κ2) is 5.31. The van der Waals surface area contributed by atoms with Gasteiger partial charge in [-0.15, -0.1) is 0 Å². The van der Waals surface area contributed by atoms with Crippen LogP contribution in [0.25, 0.3) is 0 Å². The van der Waals surface area contributed by atoms with E-state index in [2.05, 4.69) is 20.0 Å². The highest BCUT2D eigenvalue weighted by Crippen LogP contribution is 2.20. The molecule has 0 fully saturated rings. The number of ether oxygens (including phenoxy) is 1. The van der Waals surface area contributed by atoms with Gasteiger partial charge in [0.1, 0.15) is 23.5 Å². The first-order valence-electron chi connectivity index (χ1n) is 5.40. The molecular weight excluding hydrogens is 234 g/mol. The molecular formula is C12H13N3O3. The Morgan fingerprint density at radius 2 is 2.39 bits per heavy atom. The van der Waals surface area contributed by atoms with Gasteiger partial charge in [-0.1, -0.05) is 0 Å². The third-order valence-electron chi connectivity index (χ3n) is 2.44. The van der Waals surface area contributed by atoms with Crippen LogP contribution in [-0.2, 0) is 4.74 Å². The van der Waals surface area contributed by atoms with Gasteiger partial charge in [0.25, 0.3) is 0 Å². The number of furan rings is 1. The molecule has 6 heteroatoms. The van der Waals surface area contributed by atoms with E-state index in [1.54, 1.807) is 12.3 Å². The minimum absolute atomic E-state index is 0.113. The Hall–Kier alpha value is -2.37. The highest BCUT2D eigenvalue weighted by molar-refractivity contribution is 5.94. The van der Waals surface area contributed by atoms with E-state index in [4.69, 9.17) is 4.42 Å². The molecule has 6 nitrogen and oxygen atoms in total. The maximum atomic E-state index is 11.5. The first-order valence-corrected chi connectivity index (χ1v) is 5.40. The number of rotatable bonds is 4. The fraction of sp³-hybridized carbons (Fsp3) is 0.250. The quantitative estimate of drug-likeness (QED) is 0.833. The SMILES string of the molecule is COC(=O)c1cncnc1NC(C)c1ccco1. The third-order valence-corrected chi connectivity index (χ3v) is 2.44. The minimum Gasteiger partial charge on any atom is -0.467 e. The van der Waals surface area contributed by atoms with E-state index in [1.165, 1.54) is 19.6 Å². The lowest BCUT2D eigenvalue weighted by Gasteiger charge is -2.13. The Kier molecular flexibility index (Phi) is 3.57. The average Bonchev–Trinajstić information content (AvgIpc) is 2.92. The van der Waals surface area contributed by atoms with E-state index in [0.29, 0.717) is 11.4 Å². The molecule has 1 atom stereocenters. The zero-order valence-corrected chi connectivity index (χ0v) is 10.1. The summed E-state index contributed by atoms with van der Waals surface area (Å²) in [5, 5.41) is 3.08. The van der Waals surface area contributed by atoms with E-state index in [1.807, 2.05) is 13.0 Å². The van der Waals surface area contributed by atoms with Crippen LogP contribution >= 0.6 is 0 Å². The normalized spacial score (nSPS) is 11.9. The van der Waals surface area contributed by atoms with Crippen molar-refractivity contribution in [2.75, 3.05) is 12.4 Å². The zero-order chi connectivity index (χ0) is 13.0. The van der Waals surface area contributed by atoms with Crippen LogP contribution in [0, 0.1) is 0 Å². The molecule has 0 aliphatic heterocycles. The summed E-state index contributed by atoms with van der Waals surface area (Å²) in [4.78, 5) is 19.4. The van der Waals surface area contributed by atoms with E-state index in [-0.39, 0.29) is 6.04 Å². The Labute approximate surface area is 104 Å². The Bertz CT molecular complexity index is 525. The maximum Gasteiger partial charge on any atom is 0.343 e. The second-order valence-electron chi connectivity index (χ2n) is 3.66. The molecule has 1 unspecified atom stereocenters. The number of aromatic nitrogens is 2. The van der Waals surface area contributed by atoms with Gasteiger partial charge in [-0.05, 0) is 19.1 Å². The van der Waals surface area contributed by atoms with Crippen LogP contribution in [0.3, 0.4) is 0 Å². The summed E-state index contributed by atoms with van der Waals surface area (Å²) in [5.74, 6) is 0.690. The van der Waals surface area contributed by atoms with Crippen molar-refractivity contribution in [3.8, 4) is 0 Å². The van der Waals surface area contributed by atoms with Gasteiger partial charge in [-0.2, -0.15) is 0 Å². The summed E-state index contributed by atoms with van der Waals surface area (Å²) >= 11 is 0. The first kappa shape index (κ1) is 12.1. The number of hydrogen-bond donors (Lipinski definition) is 1. The summed E-state index contributed by atoms with van der Waals surface area (Å²) in [6.45, 7) is 1.90. The molecule has 0 aliphatic rings. The van der Waals surface area contributed by atoms with Crippen LogP contribution in [0.4, 0.5) is 5.82 Å². The summed E-state index contributed by atoms with van der Waals surface area (Å²) < 4.78 is 9.94. The predicted octanol–water partition coefficient (Wildman–Crippen LogP) is 2.03. The van der Waals surface area contributed by atoms with Gasteiger partial charge in [-0.3, -0.25) is 0 Å². The molecule has 94 valence electrons. The number of nitrogens with one attached hydrogen (secondary N) is 1. The van der Waals surface area contributed by atoms with Gasteiger partial charge in [0.15, 0.2) is 0 Å². The average molecular weight is 247 g/mol. The fourth-order valence-electron chi connectivity index (χ4n) is 1.52. The maximum absolute atomic E-state index is 11.5. The van der Waals surface area contributed by atoms with Crippen LogP contribution in [0.2, 0.25) is 0 Å². The van der Waals surface area contributed by atoms with Crippen LogP contribution in [0.5, 0.6) is 0 Å². The first-order chi connectivity index (χ1) is 8.72. The molecule has 0 aromatic carbocycles.